The molecule has 0 aliphatic heterocycles. The van der Waals surface area contributed by atoms with Crippen LogP contribution in [0.3, 0.4) is 0 Å². The van der Waals surface area contributed by atoms with Gasteiger partial charge in [-0.05, 0) is 12.2 Å². The molecule has 0 radical (unpaired) electrons. The fourth-order valence-corrected chi connectivity index (χ4v) is 1.34. The minimum absolute atomic E-state index is 0.0157. The molecule has 1 rings (SSSR count). The van der Waals surface area contributed by atoms with Crippen LogP contribution < -0.4 is 9.47 Å². The Kier molecular flexibility index (Phi) is 4.51. The molecular weight excluding hydrogens is 227 g/mol. The molecular formula is C12H13FO4. The molecule has 1 aromatic rings. The second-order valence-electron chi connectivity index (χ2n) is 3.14. The zero-order valence-corrected chi connectivity index (χ0v) is 9.57. The molecule has 0 unspecified atom stereocenters. The number of hydrogen-bond acceptors (Lipinski definition) is 4. The number of allylic oxidation sites excluding steroid dienone is 2. The van der Waals surface area contributed by atoms with Crippen LogP contribution in [0.4, 0.5) is 4.39 Å². The summed E-state index contributed by atoms with van der Waals surface area (Å²) in [6.45, 7) is -0.745. The first-order valence-electron chi connectivity index (χ1n) is 4.85. The SMILES string of the molecule is COc1cc(O)c(C(=O)/C=C/CF)c(OC)c1. The van der Waals surface area contributed by atoms with Gasteiger partial charge in [-0.25, -0.2) is 4.39 Å². The third-order valence-electron chi connectivity index (χ3n) is 2.12. The molecule has 5 heteroatoms. The van der Waals surface area contributed by atoms with E-state index in [0.29, 0.717) is 5.75 Å². The summed E-state index contributed by atoms with van der Waals surface area (Å²) in [7, 11) is 2.79. The highest BCUT2D eigenvalue weighted by Gasteiger charge is 2.16. The predicted molar refractivity (Wildman–Crippen MR) is 60.7 cm³/mol. The third-order valence-corrected chi connectivity index (χ3v) is 2.12. The highest BCUT2D eigenvalue weighted by molar-refractivity contribution is 6.08. The van der Waals surface area contributed by atoms with Gasteiger partial charge in [-0.15, -0.1) is 0 Å². The molecule has 0 fully saturated rings. The Labute approximate surface area is 98.3 Å². The van der Waals surface area contributed by atoms with E-state index in [0.717, 1.165) is 12.2 Å². The smallest absolute Gasteiger partial charge is 0.193 e. The van der Waals surface area contributed by atoms with Crippen molar-refractivity contribution in [3.05, 3.63) is 29.8 Å². The first-order chi connectivity index (χ1) is 8.13. The van der Waals surface area contributed by atoms with Crippen molar-refractivity contribution in [2.24, 2.45) is 0 Å². The van der Waals surface area contributed by atoms with E-state index < -0.39 is 12.5 Å². The largest absolute Gasteiger partial charge is 0.507 e. The second kappa shape index (κ2) is 5.89. The Hall–Kier alpha value is -2.04. The topological polar surface area (TPSA) is 55.8 Å². The molecule has 0 aliphatic rings. The summed E-state index contributed by atoms with van der Waals surface area (Å²) in [5.41, 5.74) is -0.0157. The van der Waals surface area contributed by atoms with E-state index in [1.165, 1.54) is 26.4 Å². The summed E-state index contributed by atoms with van der Waals surface area (Å²) in [5.74, 6) is -0.255. The fraction of sp³-hybridized carbons (Fsp3) is 0.250. The van der Waals surface area contributed by atoms with Gasteiger partial charge in [-0.3, -0.25) is 4.79 Å². The van der Waals surface area contributed by atoms with Crippen molar-refractivity contribution in [3.63, 3.8) is 0 Å². The molecule has 0 heterocycles. The van der Waals surface area contributed by atoms with Crippen molar-refractivity contribution >= 4 is 5.78 Å². The van der Waals surface area contributed by atoms with Gasteiger partial charge in [0.1, 0.15) is 29.5 Å². The van der Waals surface area contributed by atoms with Gasteiger partial charge in [0, 0.05) is 12.1 Å². The maximum Gasteiger partial charge on any atom is 0.193 e. The maximum absolute atomic E-state index is 11.9. The summed E-state index contributed by atoms with van der Waals surface area (Å²) >= 11 is 0. The van der Waals surface area contributed by atoms with Crippen LogP contribution in [-0.2, 0) is 0 Å². The maximum atomic E-state index is 11.9. The van der Waals surface area contributed by atoms with Crippen LogP contribution in [-0.4, -0.2) is 31.8 Å². The summed E-state index contributed by atoms with van der Waals surface area (Å²) in [4.78, 5) is 11.7. The first kappa shape index (κ1) is 13.0. The van der Waals surface area contributed by atoms with Crippen LogP contribution in [0.25, 0.3) is 0 Å². The van der Waals surface area contributed by atoms with Crippen molar-refractivity contribution in [3.8, 4) is 17.2 Å². The van der Waals surface area contributed by atoms with E-state index in [-0.39, 0.29) is 17.1 Å². The standard InChI is InChI=1S/C12H13FO4/c1-16-8-6-10(15)12(11(7-8)17-2)9(14)4-3-5-13/h3-4,6-7,15H,5H2,1-2H3/b4-3+. The van der Waals surface area contributed by atoms with Crippen molar-refractivity contribution in [1.29, 1.82) is 0 Å². The average molecular weight is 240 g/mol. The number of ether oxygens (including phenoxy) is 2. The Morgan fingerprint density at radius 3 is 2.65 bits per heavy atom. The van der Waals surface area contributed by atoms with Gasteiger partial charge in [0.2, 0.25) is 0 Å². The average Bonchev–Trinajstić information content (AvgIpc) is 2.34. The van der Waals surface area contributed by atoms with Gasteiger partial charge in [-0.1, -0.05) is 0 Å². The molecule has 0 aromatic heterocycles. The van der Waals surface area contributed by atoms with Crippen molar-refractivity contribution in [1.82, 2.24) is 0 Å². The Balaban J connectivity index is 3.22. The molecule has 0 atom stereocenters. The van der Waals surface area contributed by atoms with E-state index in [1.807, 2.05) is 0 Å². The fourth-order valence-electron chi connectivity index (χ4n) is 1.34. The predicted octanol–water partition coefficient (Wildman–Crippen LogP) is 2.12. The number of carbonyl (C=O) groups is 1. The van der Waals surface area contributed by atoms with Gasteiger partial charge in [0.15, 0.2) is 5.78 Å². The monoisotopic (exact) mass is 240 g/mol. The van der Waals surface area contributed by atoms with Crippen LogP contribution >= 0.6 is 0 Å². The number of phenols is 1. The number of aromatic hydroxyl groups is 1. The highest BCUT2D eigenvalue weighted by atomic mass is 19.1. The van der Waals surface area contributed by atoms with Crippen LogP contribution in [0.5, 0.6) is 17.2 Å². The zero-order valence-electron chi connectivity index (χ0n) is 9.57. The number of rotatable bonds is 5. The lowest BCUT2D eigenvalue weighted by atomic mass is 10.1. The second-order valence-corrected chi connectivity index (χ2v) is 3.14. The van der Waals surface area contributed by atoms with E-state index >= 15 is 0 Å². The quantitative estimate of drug-likeness (QED) is 0.632. The molecule has 4 nitrogen and oxygen atoms in total. The first-order valence-corrected chi connectivity index (χ1v) is 4.85. The number of carbonyl (C=O) groups excluding carboxylic acids is 1. The minimum Gasteiger partial charge on any atom is -0.507 e. The van der Waals surface area contributed by atoms with E-state index in [9.17, 15) is 14.3 Å². The number of alkyl halides is 1. The lowest BCUT2D eigenvalue weighted by Crippen LogP contribution is -2.00. The highest BCUT2D eigenvalue weighted by Crippen LogP contribution is 2.33. The Morgan fingerprint density at radius 1 is 1.41 bits per heavy atom. The van der Waals surface area contributed by atoms with Crippen LogP contribution in [0.15, 0.2) is 24.3 Å². The van der Waals surface area contributed by atoms with E-state index in [2.05, 4.69) is 0 Å². The Bertz CT molecular complexity index is 440. The van der Waals surface area contributed by atoms with Gasteiger partial charge in [0.25, 0.3) is 0 Å². The number of benzene rings is 1. The molecule has 1 aromatic carbocycles. The van der Waals surface area contributed by atoms with Crippen LogP contribution in [0, 0.1) is 0 Å². The molecule has 1 N–H and O–H groups in total. The third kappa shape index (κ3) is 2.96. The van der Waals surface area contributed by atoms with Crippen molar-refractivity contribution < 1.29 is 23.8 Å². The summed E-state index contributed by atoms with van der Waals surface area (Å²) < 4.78 is 21.8. The summed E-state index contributed by atoms with van der Waals surface area (Å²) in [6.07, 6.45) is 2.11. The van der Waals surface area contributed by atoms with Gasteiger partial charge in [-0.2, -0.15) is 0 Å². The van der Waals surface area contributed by atoms with E-state index in [4.69, 9.17) is 9.47 Å². The van der Waals surface area contributed by atoms with Crippen molar-refractivity contribution in [2.75, 3.05) is 20.9 Å². The van der Waals surface area contributed by atoms with Crippen molar-refractivity contribution in [2.45, 2.75) is 0 Å². The number of hydrogen-bond donors (Lipinski definition) is 1. The normalized spacial score (nSPS) is 10.5. The Morgan fingerprint density at radius 2 is 2.12 bits per heavy atom. The molecule has 92 valence electrons. The van der Waals surface area contributed by atoms with Gasteiger partial charge < -0.3 is 14.6 Å². The van der Waals surface area contributed by atoms with E-state index in [1.54, 1.807) is 0 Å². The molecule has 17 heavy (non-hydrogen) atoms. The molecule has 0 amide bonds. The number of phenolic OH excluding ortho intramolecular Hbond substituents is 1. The summed E-state index contributed by atoms with van der Waals surface area (Å²) in [5, 5.41) is 9.70. The van der Waals surface area contributed by atoms with Crippen LogP contribution in [0.1, 0.15) is 10.4 Å². The number of methoxy groups -OCH3 is 2. The molecule has 0 saturated heterocycles. The minimum atomic E-state index is -0.745. The molecule has 0 aliphatic carbocycles. The van der Waals surface area contributed by atoms with Gasteiger partial charge >= 0.3 is 0 Å². The number of halogens is 1. The molecule has 0 bridgehead atoms. The lowest BCUT2D eigenvalue weighted by molar-refractivity contribution is 0.104. The zero-order chi connectivity index (χ0) is 12.8. The van der Waals surface area contributed by atoms with Gasteiger partial charge in [0.05, 0.1) is 14.2 Å². The molecule has 0 spiro atoms. The molecule has 0 saturated carbocycles. The lowest BCUT2D eigenvalue weighted by Gasteiger charge is -2.10. The number of ketones is 1. The van der Waals surface area contributed by atoms with Crippen LogP contribution in [0.2, 0.25) is 0 Å². The summed E-state index contributed by atoms with van der Waals surface area (Å²) in [6, 6.07) is 2.76.